The van der Waals surface area contributed by atoms with E-state index < -0.39 is 6.04 Å². The van der Waals surface area contributed by atoms with Crippen molar-refractivity contribution in [2.45, 2.75) is 58.5 Å². The fourth-order valence-electron chi connectivity index (χ4n) is 3.42. The van der Waals surface area contributed by atoms with Crippen LogP contribution in [0.4, 0.5) is 11.4 Å². The molecule has 0 radical (unpaired) electrons. The Kier molecular flexibility index (Phi) is 5.30. The summed E-state index contributed by atoms with van der Waals surface area (Å²) in [6.07, 6.45) is 2.45. The molecule has 0 spiro atoms. The lowest BCUT2D eigenvalue weighted by Crippen LogP contribution is -2.50. The fraction of sp³-hybridized carbons (Fsp3) is 0.500. The van der Waals surface area contributed by atoms with Crippen LogP contribution in [0.5, 0.6) is 0 Å². The molecule has 0 aromatic heterocycles. The van der Waals surface area contributed by atoms with Crippen molar-refractivity contribution >= 4 is 35.0 Å². The Morgan fingerprint density at radius 3 is 2.37 bits per heavy atom. The van der Waals surface area contributed by atoms with Gasteiger partial charge in [-0.15, -0.1) is 0 Å². The summed E-state index contributed by atoms with van der Waals surface area (Å²) in [6, 6.07) is 5.70. The lowest BCUT2D eigenvalue weighted by atomic mass is 10.1. The molecule has 2 atom stereocenters. The van der Waals surface area contributed by atoms with E-state index in [1.54, 1.807) is 29.2 Å². The maximum Gasteiger partial charge on any atom is 0.257 e. The maximum absolute atomic E-state index is 13.0. The number of hydrogen-bond acceptors (Lipinski definition) is 4. The Labute approximate surface area is 158 Å². The Balaban J connectivity index is 1.83. The van der Waals surface area contributed by atoms with E-state index in [-0.39, 0.29) is 42.0 Å². The number of amides is 4. The Hall–Kier alpha value is -2.70. The molecule has 1 heterocycles. The van der Waals surface area contributed by atoms with Crippen LogP contribution < -0.4 is 10.2 Å². The van der Waals surface area contributed by atoms with Gasteiger partial charge in [0.15, 0.2) is 0 Å². The number of hydrogen-bond donors (Lipinski definition) is 1. The molecule has 1 saturated heterocycles. The number of benzene rings is 1. The van der Waals surface area contributed by atoms with Crippen LogP contribution in [0.25, 0.3) is 0 Å². The third-order valence-electron chi connectivity index (χ3n) is 5.15. The quantitative estimate of drug-likeness (QED) is 0.778. The molecule has 2 fully saturated rings. The summed E-state index contributed by atoms with van der Waals surface area (Å²) in [4.78, 5) is 52.3. The van der Waals surface area contributed by atoms with Gasteiger partial charge in [-0.2, -0.15) is 0 Å². The molecule has 2 unspecified atom stereocenters. The topological polar surface area (TPSA) is 86.8 Å². The normalized spacial score (nSPS) is 20.6. The van der Waals surface area contributed by atoms with Gasteiger partial charge in [0.25, 0.3) is 5.91 Å². The molecule has 1 aromatic carbocycles. The number of nitrogens with zero attached hydrogens (tertiary/aromatic N) is 2. The van der Waals surface area contributed by atoms with Crippen molar-refractivity contribution < 1.29 is 19.2 Å². The van der Waals surface area contributed by atoms with Gasteiger partial charge in [0.2, 0.25) is 17.7 Å². The standard InChI is InChI=1S/C20H25N3O4/c1-4-12(2)22(19(26)14-5-6-14)17-11-18(25)23(20(17)27)16-9-7-15(8-10-16)21-13(3)24/h7-10,12,14,17H,4-6,11H2,1-3H3,(H,21,24). The highest BCUT2D eigenvalue weighted by molar-refractivity contribution is 6.23. The van der Waals surface area contributed by atoms with Gasteiger partial charge in [0, 0.05) is 24.6 Å². The third-order valence-corrected chi connectivity index (χ3v) is 5.15. The van der Waals surface area contributed by atoms with Crippen LogP contribution in [0.15, 0.2) is 24.3 Å². The Morgan fingerprint density at radius 2 is 1.85 bits per heavy atom. The van der Waals surface area contributed by atoms with Gasteiger partial charge in [0.05, 0.1) is 12.1 Å². The van der Waals surface area contributed by atoms with Gasteiger partial charge < -0.3 is 10.2 Å². The maximum atomic E-state index is 13.0. The van der Waals surface area contributed by atoms with Gasteiger partial charge in [-0.3, -0.25) is 19.2 Å². The molecule has 1 N–H and O–H groups in total. The predicted molar refractivity (Wildman–Crippen MR) is 101 cm³/mol. The molecule has 1 saturated carbocycles. The molecule has 7 nitrogen and oxygen atoms in total. The van der Waals surface area contributed by atoms with E-state index in [2.05, 4.69) is 5.32 Å². The van der Waals surface area contributed by atoms with Gasteiger partial charge >= 0.3 is 0 Å². The second kappa shape index (κ2) is 7.50. The fourth-order valence-corrected chi connectivity index (χ4v) is 3.42. The molecule has 1 aromatic rings. The number of carbonyl (C=O) groups is 4. The summed E-state index contributed by atoms with van der Waals surface area (Å²) in [7, 11) is 0. The zero-order valence-corrected chi connectivity index (χ0v) is 15.9. The van der Waals surface area contributed by atoms with Crippen molar-refractivity contribution in [2.75, 3.05) is 10.2 Å². The van der Waals surface area contributed by atoms with Crippen LogP contribution in [0.2, 0.25) is 0 Å². The molecule has 2 aliphatic rings. The molecule has 0 bridgehead atoms. The van der Waals surface area contributed by atoms with Gasteiger partial charge in [-0.25, -0.2) is 4.90 Å². The third kappa shape index (κ3) is 3.86. The number of imide groups is 1. The Morgan fingerprint density at radius 1 is 1.22 bits per heavy atom. The molecular formula is C20H25N3O4. The highest BCUT2D eigenvalue weighted by Gasteiger charge is 2.47. The summed E-state index contributed by atoms with van der Waals surface area (Å²) in [5, 5.41) is 2.65. The van der Waals surface area contributed by atoms with Crippen LogP contribution in [0.1, 0.15) is 46.5 Å². The van der Waals surface area contributed by atoms with Crippen molar-refractivity contribution in [1.82, 2.24) is 4.90 Å². The monoisotopic (exact) mass is 371 g/mol. The van der Waals surface area contributed by atoms with E-state index in [1.165, 1.54) is 6.92 Å². The zero-order chi connectivity index (χ0) is 19.7. The summed E-state index contributed by atoms with van der Waals surface area (Å²) < 4.78 is 0. The lowest BCUT2D eigenvalue weighted by molar-refractivity contribution is -0.141. The first kappa shape index (κ1) is 19.1. The smallest absolute Gasteiger partial charge is 0.257 e. The van der Waals surface area contributed by atoms with E-state index >= 15 is 0 Å². The summed E-state index contributed by atoms with van der Waals surface area (Å²) in [6.45, 7) is 5.30. The highest BCUT2D eigenvalue weighted by Crippen LogP contribution is 2.35. The van der Waals surface area contributed by atoms with Crippen LogP contribution in [-0.2, 0) is 19.2 Å². The van der Waals surface area contributed by atoms with Crippen LogP contribution in [-0.4, -0.2) is 40.6 Å². The first-order valence-electron chi connectivity index (χ1n) is 9.40. The van der Waals surface area contributed by atoms with E-state index in [9.17, 15) is 19.2 Å². The first-order valence-corrected chi connectivity index (χ1v) is 9.40. The largest absolute Gasteiger partial charge is 0.327 e. The summed E-state index contributed by atoms with van der Waals surface area (Å²) in [5.74, 6) is -0.888. The Bertz CT molecular complexity index is 770. The van der Waals surface area contributed by atoms with Crippen molar-refractivity contribution in [2.24, 2.45) is 5.92 Å². The number of rotatable bonds is 6. The molecule has 1 aliphatic carbocycles. The molecule has 3 rings (SSSR count). The van der Waals surface area contributed by atoms with Crippen LogP contribution in [0.3, 0.4) is 0 Å². The van der Waals surface area contributed by atoms with Gasteiger partial charge in [-0.1, -0.05) is 6.92 Å². The molecular weight excluding hydrogens is 346 g/mol. The van der Waals surface area contributed by atoms with E-state index in [0.29, 0.717) is 11.4 Å². The highest BCUT2D eigenvalue weighted by atomic mass is 16.2. The molecule has 1 aliphatic heterocycles. The molecule has 7 heteroatoms. The SMILES string of the molecule is CCC(C)N(C(=O)C1CC1)C1CC(=O)N(c2ccc(NC(C)=O)cc2)C1=O. The molecule has 144 valence electrons. The second-order valence-electron chi connectivity index (χ2n) is 7.29. The van der Waals surface area contributed by atoms with Crippen molar-refractivity contribution in [3.05, 3.63) is 24.3 Å². The zero-order valence-electron chi connectivity index (χ0n) is 15.9. The van der Waals surface area contributed by atoms with E-state index in [0.717, 1.165) is 24.2 Å². The first-order chi connectivity index (χ1) is 12.8. The minimum Gasteiger partial charge on any atom is -0.327 e. The average Bonchev–Trinajstić information content (AvgIpc) is 3.43. The number of carbonyl (C=O) groups excluding carboxylic acids is 4. The van der Waals surface area contributed by atoms with Crippen molar-refractivity contribution in [1.29, 1.82) is 0 Å². The van der Waals surface area contributed by atoms with E-state index in [1.807, 2.05) is 13.8 Å². The number of anilines is 2. The molecule has 4 amide bonds. The predicted octanol–water partition coefficient (Wildman–Crippen LogP) is 2.31. The van der Waals surface area contributed by atoms with Gasteiger partial charge in [-0.05, 0) is 50.5 Å². The molecule has 27 heavy (non-hydrogen) atoms. The lowest BCUT2D eigenvalue weighted by Gasteiger charge is -2.33. The van der Waals surface area contributed by atoms with Crippen molar-refractivity contribution in [3.63, 3.8) is 0 Å². The van der Waals surface area contributed by atoms with Crippen molar-refractivity contribution in [3.8, 4) is 0 Å². The minimum atomic E-state index is -0.740. The minimum absolute atomic E-state index is 0.00658. The van der Waals surface area contributed by atoms with Gasteiger partial charge in [0.1, 0.15) is 6.04 Å². The summed E-state index contributed by atoms with van der Waals surface area (Å²) >= 11 is 0. The van der Waals surface area contributed by atoms with Crippen LogP contribution in [0, 0.1) is 5.92 Å². The van der Waals surface area contributed by atoms with E-state index in [4.69, 9.17) is 0 Å². The number of nitrogens with one attached hydrogen (secondary N) is 1. The summed E-state index contributed by atoms with van der Waals surface area (Å²) in [5.41, 5.74) is 1.04. The second-order valence-corrected chi connectivity index (χ2v) is 7.29. The average molecular weight is 371 g/mol. The van der Waals surface area contributed by atoms with Crippen LogP contribution >= 0.6 is 0 Å².